The van der Waals surface area contributed by atoms with Crippen molar-refractivity contribution in [1.82, 2.24) is 35.4 Å². The van der Waals surface area contributed by atoms with Crippen molar-refractivity contribution in [3.05, 3.63) is 114 Å². The summed E-state index contributed by atoms with van der Waals surface area (Å²) in [4.78, 5) is 33.5. The fraction of sp³-hybridized carbons (Fsp3) is 0.350. The molecule has 0 aliphatic heterocycles. The van der Waals surface area contributed by atoms with E-state index in [-0.39, 0.29) is 5.91 Å². The van der Waals surface area contributed by atoms with Gasteiger partial charge in [-0.2, -0.15) is 0 Å². The topological polar surface area (TPSA) is 139 Å². The van der Waals surface area contributed by atoms with E-state index in [0.717, 1.165) is 52.0 Å². The Kier molecular flexibility index (Phi) is 10.2. The minimum Gasteiger partial charge on any atom is -0.497 e. The molecule has 0 unspecified atom stereocenters. The number of carbonyl (C=O) groups excluding carboxylic acids is 2. The molecular weight excluding hydrogens is 642 g/mol. The van der Waals surface area contributed by atoms with Gasteiger partial charge in [-0.05, 0) is 88.4 Å². The molecule has 0 saturated carbocycles. The van der Waals surface area contributed by atoms with Gasteiger partial charge in [-0.3, -0.25) is 4.79 Å². The highest BCUT2D eigenvalue weighted by molar-refractivity contribution is 5.89. The quantitative estimate of drug-likeness (QED) is 0.101. The number of nitrogens with one attached hydrogen (secondary N) is 4. The molecule has 6 rings (SSSR count). The van der Waals surface area contributed by atoms with Crippen LogP contribution in [-0.4, -0.2) is 55.0 Å². The highest BCUT2D eigenvalue weighted by Gasteiger charge is 2.35. The van der Waals surface area contributed by atoms with Crippen LogP contribution in [0.1, 0.15) is 75.4 Å². The molecule has 0 radical (unpaired) electrons. The predicted molar refractivity (Wildman–Crippen MR) is 199 cm³/mol. The number of para-hydroxylation sites is 2. The fourth-order valence-corrected chi connectivity index (χ4v) is 6.37. The summed E-state index contributed by atoms with van der Waals surface area (Å²) < 4.78 is 13.1. The number of amides is 2. The number of hydrogen-bond donors (Lipinski definition) is 4. The van der Waals surface area contributed by atoms with Crippen molar-refractivity contribution in [2.45, 2.75) is 84.0 Å². The summed E-state index contributed by atoms with van der Waals surface area (Å²) in [6, 6.07) is 23.7. The largest absolute Gasteiger partial charge is 0.497 e. The Bertz CT molecular complexity index is 2140. The lowest BCUT2D eigenvalue weighted by Gasteiger charge is -2.30. The minimum atomic E-state index is -1.29. The van der Waals surface area contributed by atoms with Gasteiger partial charge in [0.25, 0.3) is 0 Å². The van der Waals surface area contributed by atoms with Gasteiger partial charge in [-0.25, -0.2) is 4.79 Å². The lowest BCUT2D eigenvalue weighted by atomic mass is 10.0. The third kappa shape index (κ3) is 8.42. The monoisotopic (exact) mass is 689 g/mol. The lowest BCUT2D eigenvalue weighted by Crippen LogP contribution is -2.56. The number of alkyl carbamates (subject to hydrolysis) is 1. The van der Waals surface area contributed by atoms with Crippen molar-refractivity contribution in [3.8, 4) is 5.75 Å². The molecule has 6 aromatic rings. The molecule has 0 aliphatic rings. The average Bonchev–Trinajstić information content (AvgIpc) is 3.81. The van der Waals surface area contributed by atoms with Crippen LogP contribution in [-0.2, 0) is 35.3 Å². The van der Waals surface area contributed by atoms with Crippen LogP contribution in [0.4, 0.5) is 4.79 Å². The Morgan fingerprint density at radius 3 is 2.20 bits per heavy atom. The summed E-state index contributed by atoms with van der Waals surface area (Å²) in [6.07, 6.45) is 6.21. The van der Waals surface area contributed by atoms with Crippen LogP contribution in [0.5, 0.6) is 5.75 Å². The van der Waals surface area contributed by atoms with Crippen LogP contribution in [0.3, 0.4) is 0 Å². The highest BCUT2D eigenvalue weighted by Crippen LogP contribution is 2.27. The second-order valence-corrected chi connectivity index (χ2v) is 14.5. The van der Waals surface area contributed by atoms with Gasteiger partial charge in [-0.1, -0.05) is 48.5 Å². The molecule has 11 heteroatoms. The zero-order valence-electron chi connectivity index (χ0n) is 30.2. The molecule has 0 spiro atoms. The van der Waals surface area contributed by atoms with Crippen molar-refractivity contribution in [2.24, 2.45) is 0 Å². The van der Waals surface area contributed by atoms with Gasteiger partial charge < -0.3 is 34.6 Å². The van der Waals surface area contributed by atoms with Crippen LogP contribution in [0, 0.1) is 0 Å². The smallest absolute Gasteiger partial charge is 0.408 e. The maximum atomic E-state index is 14.0. The molecule has 4 N–H and O–H groups in total. The maximum absolute atomic E-state index is 14.0. The van der Waals surface area contributed by atoms with Crippen molar-refractivity contribution >= 4 is 33.8 Å². The number of aromatic nitrogens is 5. The van der Waals surface area contributed by atoms with E-state index >= 15 is 0 Å². The molecule has 3 heterocycles. The second-order valence-electron chi connectivity index (χ2n) is 14.5. The summed E-state index contributed by atoms with van der Waals surface area (Å²) in [5.41, 5.74) is 3.41. The van der Waals surface area contributed by atoms with Crippen molar-refractivity contribution in [2.75, 3.05) is 7.11 Å². The third-order valence-electron chi connectivity index (χ3n) is 8.95. The number of aromatic amines is 2. The second kappa shape index (κ2) is 14.7. The van der Waals surface area contributed by atoms with E-state index in [1.165, 1.54) is 10.9 Å². The van der Waals surface area contributed by atoms with Gasteiger partial charge in [0.1, 0.15) is 22.7 Å². The predicted octanol–water partition coefficient (Wildman–Crippen LogP) is 7.18. The Balaban J connectivity index is 1.34. The van der Waals surface area contributed by atoms with Crippen molar-refractivity contribution in [3.63, 3.8) is 0 Å². The van der Waals surface area contributed by atoms with E-state index in [9.17, 15) is 9.59 Å². The molecule has 11 nitrogen and oxygen atoms in total. The average molecular weight is 690 g/mol. The van der Waals surface area contributed by atoms with Crippen LogP contribution < -0.4 is 15.4 Å². The molecule has 0 fully saturated rings. The van der Waals surface area contributed by atoms with Gasteiger partial charge >= 0.3 is 6.09 Å². The minimum absolute atomic E-state index is 0.380. The highest BCUT2D eigenvalue weighted by atomic mass is 16.6. The van der Waals surface area contributed by atoms with E-state index in [4.69, 9.17) is 19.7 Å². The van der Waals surface area contributed by atoms with E-state index in [2.05, 4.69) is 55.6 Å². The van der Waals surface area contributed by atoms with Gasteiger partial charge in [0.2, 0.25) is 5.91 Å². The molecule has 51 heavy (non-hydrogen) atoms. The molecular formula is C40H47N7O4. The molecule has 266 valence electrons. The van der Waals surface area contributed by atoms with Crippen LogP contribution in [0.25, 0.3) is 21.8 Å². The lowest BCUT2D eigenvalue weighted by molar-refractivity contribution is -0.127. The number of benzene rings is 3. The number of rotatable bonds is 13. The zero-order chi connectivity index (χ0) is 36.2. The van der Waals surface area contributed by atoms with Crippen LogP contribution >= 0.6 is 0 Å². The number of hydrogen-bond acceptors (Lipinski definition) is 6. The van der Waals surface area contributed by atoms with E-state index in [1.807, 2.05) is 54.7 Å². The molecule has 3 aromatic heterocycles. The van der Waals surface area contributed by atoms with Crippen LogP contribution in [0.15, 0.2) is 85.2 Å². The fourth-order valence-electron chi connectivity index (χ4n) is 6.37. The number of aryl methyl sites for hydroxylation is 2. The molecule has 0 saturated heterocycles. The first-order chi connectivity index (χ1) is 24.4. The Labute approximate surface area is 298 Å². The Morgan fingerprint density at radius 1 is 0.843 bits per heavy atom. The molecule has 2 amide bonds. The third-order valence-corrected chi connectivity index (χ3v) is 8.95. The summed E-state index contributed by atoms with van der Waals surface area (Å²) in [5, 5.41) is 17.8. The zero-order valence-corrected chi connectivity index (χ0v) is 30.2. The molecule has 3 aromatic carbocycles. The van der Waals surface area contributed by atoms with Crippen molar-refractivity contribution < 1.29 is 19.1 Å². The standard InChI is InChI=1S/C40H47N7O4/c1-39(2,3)51-38(49)44-40(4,5)37(48)43-34(22-28-24-42-33-19-10-8-17-31(28)33)36-46-45-35(47(36)25-26-13-11-15-29(21-26)50-6)20-12-14-27-23-41-32-18-9-7-16-30(27)32/h7-11,13,15-19,21,23-24,34,41-42H,12,14,20,22,25H2,1-6H3,(H,43,48)(H,44,49)/t34-/m1/s1. The van der Waals surface area contributed by atoms with E-state index < -0.39 is 23.3 Å². The summed E-state index contributed by atoms with van der Waals surface area (Å²) in [6.45, 7) is 9.14. The summed E-state index contributed by atoms with van der Waals surface area (Å²) in [7, 11) is 1.65. The molecule has 1 atom stereocenters. The Morgan fingerprint density at radius 2 is 1.51 bits per heavy atom. The number of nitrogens with zero attached hydrogens (tertiary/aromatic N) is 3. The number of H-pyrrole nitrogens is 2. The van der Waals surface area contributed by atoms with E-state index in [0.29, 0.717) is 25.2 Å². The molecule has 0 bridgehead atoms. The first kappa shape index (κ1) is 35.3. The van der Waals surface area contributed by atoms with Crippen molar-refractivity contribution in [1.29, 1.82) is 0 Å². The first-order valence-corrected chi connectivity index (χ1v) is 17.4. The normalized spacial score (nSPS) is 12.6. The van der Waals surface area contributed by atoms with Crippen LogP contribution in [0.2, 0.25) is 0 Å². The number of methoxy groups -OCH3 is 1. The van der Waals surface area contributed by atoms with Gasteiger partial charge in [-0.15, -0.1) is 10.2 Å². The maximum Gasteiger partial charge on any atom is 0.408 e. The van der Waals surface area contributed by atoms with Gasteiger partial charge in [0.05, 0.1) is 19.7 Å². The molecule has 0 aliphatic carbocycles. The number of fused-ring (bicyclic) bond motifs is 2. The summed E-state index contributed by atoms with van der Waals surface area (Å²) in [5.74, 6) is 1.81. The van der Waals surface area contributed by atoms with Gasteiger partial charge in [0, 0.05) is 47.0 Å². The number of ether oxygens (including phenoxy) is 2. The number of carbonyl (C=O) groups is 2. The first-order valence-electron chi connectivity index (χ1n) is 17.4. The summed E-state index contributed by atoms with van der Waals surface area (Å²) >= 11 is 0. The SMILES string of the molecule is COc1cccc(Cn2c(CCCc3c[nH]c4ccccc34)nnc2[C@@H](Cc2c[nH]c3ccccc23)NC(=O)C(C)(C)NC(=O)OC(C)(C)C)c1. The van der Waals surface area contributed by atoms with Gasteiger partial charge in [0.15, 0.2) is 5.82 Å². The Hall–Kier alpha value is -5.58. The van der Waals surface area contributed by atoms with E-state index in [1.54, 1.807) is 41.7 Å².